The van der Waals surface area contributed by atoms with Crippen LogP contribution in [0.1, 0.15) is 34.6 Å². The van der Waals surface area contributed by atoms with Crippen LogP contribution < -0.4 is 10.9 Å². The fourth-order valence-corrected chi connectivity index (χ4v) is 4.60. The van der Waals surface area contributed by atoms with Gasteiger partial charge in [0, 0.05) is 23.0 Å². The van der Waals surface area contributed by atoms with Crippen LogP contribution in [-0.2, 0) is 10.5 Å². The van der Waals surface area contributed by atoms with Gasteiger partial charge >= 0.3 is 0 Å². The van der Waals surface area contributed by atoms with Crippen molar-refractivity contribution in [1.82, 2.24) is 9.97 Å². The first-order valence-corrected chi connectivity index (χ1v) is 11.5. The molecule has 2 aromatic carbocycles. The Morgan fingerprint density at radius 2 is 1.79 bits per heavy atom. The van der Waals surface area contributed by atoms with Gasteiger partial charge in [0.25, 0.3) is 5.56 Å². The molecule has 0 fully saturated rings. The van der Waals surface area contributed by atoms with E-state index in [9.17, 15) is 9.59 Å². The highest BCUT2D eigenvalue weighted by atomic mass is 32.2. The summed E-state index contributed by atoms with van der Waals surface area (Å²) in [6, 6.07) is 16.2. The summed E-state index contributed by atoms with van der Waals surface area (Å²) >= 11 is 3.11. The number of carbonyl (C=O) groups excluding carboxylic acids is 1. The van der Waals surface area contributed by atoms with E-state index in [1.807, 2.05) is 37.4 Å². The van der Waals surface area contributed by atoms with E-state index in [1.54, 1.807) is 11.8 Å². The summed E-state index contributed by atoms with van der Waals surface area (Å²) in [5, 5.41) is 3.29. The Labute approximate surface area is 177 Å². The van der Waals surface area contributed by atoms with Gasteiger partial charge in [-0.1, -0.05) is 53.7 Å². The average molecular weight is 424 g/mol. The predicted molar refractivity (Wildman–Crippen MR) is 119 cm³/mol. The summed E-state index contributed by atoms with van der Waals surface area (Å²) < 4.78 is 0. The van der Waals surface area contributed by atoms with Crippen molar-refractivity contribution >= 4 is 35.2 Å². The molecular formula is C22H21N3O2S2. The second-order valence-corrected chi connectivity index (χ2v) is 8.83. The van der Waals surface area contributed by atoms with Crippen molar-refractivity contribution in [3.05, 3.63) is 81.1 Å². The number of nitrogens with one attached hydrogen (secondary N) is 2. The molecule has 0 spiro atoms. The minimum Gasteiger partial charge on any atom is -0.310 e. The largest absolute Gasteiger partial charge is 0.310 e. The first-order chi connectivity index (χ1) is 14.0. The monoisotopic (exact) mass is 423 g/mol. The summed E-state index contributed by atoms with van der Waals surface area (Å²) in [6.07, 6.45) is 2.26. The van der Waals surface area contributed by atoms with Crippen molar-refractivity contribution in [2.24, 2.45) is 0 Å². The third-order valence-corrected chi connectivity index (χ3v) is 6.63. The van der Waals surface area contributed by atoms with E-state index in [0.717, 1.165) is 16.0 Å². The van der Waals surface area contributed by atoms with Crippen LogP contribution in [0.4, 0.5) is 5.82 Å². The smallest absolute Gasteiger partial charge is 0.257 e. The molecule has 1 aliphatic heterocycles. The van der Waals surface area contributed by atoms with Crippen LogP contribution in [0.5, 0.6) is 0 Å². The maximum atomic E-state index is 12.9. The van der Waals surface area contributed by atoms with Gasteiger partial charge in [-0.05, 0) is 36.4 Å². The molecule has 1 unspecified atom stereocenters. The lowest BCUT2D eigenvalue weighted by atomic mass is 9.87. The zero-order valence-electron chi connectivity index (χ0n) is 16.2. The molecule has 1 aromatic heterocycles. The lowest BCUT2D eigenvalue weighted by Gasteiger charge is -2.24. The van der Waals surface area contributed by atoms with Gasteiger partial charge in [-0.3, -0.25) is 9.59 Å². The lowest BCUT2D eigenvalue weighted by Crippen LogP contribution is -2.31. The van der Waals surface area contributed by atoms with E-state index >= 15 is 0 Å². The molecule has 1 atom stereocenters. The Morgan fingerprint density at radius 3 is 2.48 bits per heavy atom. The second kappa shape index (κ2) is 8.47. The molecule has 0 aliphatic carbocycles. The summed E-state index contributed by atoms with van der Waals surface area (Å²) in [6.45, 7) is 2.05. The number of H-pyrrole nitrogens is 1. The quantitative estimate of drug-likeness (QED) is 0.465. The number of fused-ring (bicyclic) bond motifs is 1. The predicted octanol–water partition coefficient (Wildman–Crippen LogP) is 4.57. The third kappa shape index (κ3) is 4.41. The number of amides is 1. The normalized spacial score (nSPS) is 15.7. The zero-order valence-corrected chi connectivity index (χ0v) is 17.8. The van der Waals surface area contributed by atoms with Crippen molar-refractivity contribution in [3.63, 3.8) is 0 Å². The molecule has 3 aromatic rings. The molecule has 29 heavy (non-hydrogen) atoms. The number of thioether (sulfide) groups is 2. The van der Waals surface area contributed by atoms with Crippen molar-refractivity contribution in [2.75, 3.05) is 11.6 Å². The van der Waals surface area contributed by atoms with Crippen molar-refractivity contribution < 1.29 is 4.79 Å². The van der Waals surface area contributed by atoms with Crippen LogP contribution >= 0.6 is 23.5 Å². The van der Waals surface area contributed by atoms with E-state index < -0.39 is 0 Å². The SMILES string of the molecule is CSc1ccc(C2CC(=O)Nc3nc(SCc4ccc(C)cc4)[nH]c(=O)c32)cc1. The molecule has 0 saturated heterocycles. The highest BCUT2D eigenvalue weighted by Crippen LogP contribution is 2.35. The molecule has 0 bridgehead atoms. The number of aromatic nitrogens is 2. The minimum atomic E-state index is -0.290. The Morgan fingerprint density at radius 1 is 1.07 bits per heavy atom. The van der Waals surface area contributed by atoms with Crippen LogP contribution in [0.3, 0.4) is 0 Å². The van der Waals surface area contributed by atoms with Gasteiger partial charge in [-0.15, -0.1) is 11.8 Å². The van der Waals surface area contributed by atoms with Crippen LogP contribution in [-0.4, -0.2) is 22.1 Å². The fourth-order valence-electron chi connectivity index (χ4n) is 3.38. The van der Waals surface area contributed by atoms with Crippen LogP contribution in [0.2, 0.25) is 0 Å². The Bertz CT molecular complexity index is 1090. The number of rotatable bonds is 5. The molecule has 1 aliphatic rings. The number of anilines is 1. The highest BCUT2D eigenvalue weighted by molar-refractivity contribution is 7.98. The first kappa shape index (κ1) is 19.8. The van der Waals surface area contributed by atoms with Gasteiger partial charge in [0.15, 0.2) is 5.16 Å². The van der Waals surface area contributed by atoms with E-state index in [4.69, 9.17) is 0 Å². The number of hydrogen-bond donors (Lipinski definition) is 2. The molecule has 5 nitrogen and oxygen atoms in total. The molecule has 7 heteroatoms. The molecule has 1 amide bonds. The Balaban J connectivity index is 1.62. The topological polar surface area (TPSA) is 74.8 Å². The van der Waals surface area contributed by atoms with Crippen molar-refractivity contribution in [3.8, 4) is 0 Å². The third-order valence-electron chi connectivity index (χ3n) is 4.94. The number of aryl methyl sites for hydroxylation is 1. The lowest BCUT2D eigenvalue weighted by molar-refractivity contribution is -0.116. The number of nitrogens with zero attached hydrogens (tertiary/aromatic N) is 1. The highest BCUT2D eigenvalue weighted by Gasteiger charge is 2.30. The maximum absolute atomic E-state index is 12.9. The molecule has 2 heterocycles. The van der Waals surface area contributed by atoms with Crippen molar-refractivity contribution in [1.29, 1.82) is 0 Å². The van der Waals surface area contributed by atoms with Gasteiger partial charge < -0.3 is 10.3 Å². The summed E-state index contributed by atoms with van der Waals surface area (Å²) in [5.74, 6) is 0.650. The summed E-state index contributed by atoms with van der Waals surface area (Å²) in [4.78, 5) is 33.8. The van der Waals surface area contributed by atoms with E-state index in [2.05, 4.69) is 39.6 Å². The number of benzene rings is 2. The standard InChI is InChI=1S/C22H21N3O2S2/c1-13-3-5-14(6-4-13)12-29-22-24-20-19(21(27)25-22)17(11-18(26)23-20)15-7-9-16(28-2)10-8-15/h3-10,17H,11-12H2,1-2H3,(H2,23,24,25,26,27). The zero-order chi connectivity index (χ0) is 20.4. The summed E-state index contributed by atoms with van der Waals surface area (Å²) in [7, 11) is 0. The Kier molecular flexibility index (Phi) is 5.78. The van der Waals surface area contributed by atoms with Crippen LogP contribution in [0.15, 0.2) is 63.4 Å². The second-order valence-electron chi connectivity index (χ2n) is 6.99. The van der Waals surface area contributed by atoms with Crippen LogP contribution in [0.25, 0.3) is 0 Å². The molecule has 148 valence electrons. The summed E-state index contributed by atoms with van der Waals surface area (Å²) in [5.41, 5.74) is 3.64. The number of carbonyl (C=O) groups is 1. The molecule has 0 saturated carbocycles. The molecule has 2 N–H and O–H groups in total. The molecule has 4 rings (SSSR count). The van der Waals surface area contributed by atoms with Gasteiger partial charge in [-0.2, -0.15) is 0 Å². The molecular weight excluding hydrogens is 402 g/mol. The van der Waals surface area contributed by atoms with E-state index in [-0.39, 0.29) is 23.8 Å². The van der Waals surface area contributed by atoms with Gasteiger partial charge in [0.1, 0.15) is 5.82 Å². The fraction of sp³-hybridized carbons (Fsp3) is 0.227. The van der Waals surface area contributed by atoms with E-state index in [0.29, 0.717) is 22.3 Å². The van der Waals surface area contributed by atoms with Crippen LogP contribution in [0, 0.1) is 6.92 Å². The van der Waals surface area contributed by atoms with Gasteiger partial charge in [0.05, 0.1) is 5.56 Å². The maximum Gasteiger partial charge on any atom is 0.257 e. The van der Waals surface area contributed by atoms with Gasteiger partial charge in [-0.25, -0.2) is 4.98 Å². The number of hydrogen-bond acceptors (Lipinski definition) is 5. The number of aromatic amines is 1. The van der Waals surface area contributed by atoms with E-state index in [1.165, 1.54) is 17.3 Å². The molecule has 0 radical (unpaired) electrons. The van der Waals surface area contributed by atoms with Crippen molar-refractivity contribution in [2.45, 2.75) is 35.1 Å². The Hall–Kier alpha value is -2.51. The average Bonchev–Trinajstić information content (AvgIpc) is 2.72. The minimum absolute atomic E-state index is 0.121. The first-order valence-electron chi connectivity index (χ1n) is 9.30. The van der Waals surface area contributed by atoms with Gasteiger partial charge in [0.2, 0.25) is 5.91 Å².